The summed E-state index contributed by atoms with van der Waals surface area (Å²) in [5.74, 6) is -0.357. The van der Waals surface area contributed by atoms with E-state index in [0.717, 1.165) is 28.0 Å². The van der Waals surface area contributed by atoms with E-state index in [1.54, 1.807) is 24.3 Å². The normalized spacial score (nSPS) is 16.4. The number of carbonyl (C=O) groups is 1. The Morgan fingerprint density at radius 1 is 1.25 bits per heavy atom. The molecule has 168 valence electrons. The lowest BCUT2D eigenvalue weighted by Crippen LogP contribution is -2.31. The number of anilines is 2. The van der Waals surface area contributed by atoms with E-state index in [2.05, 4.69) is 19.9 Å². The average Bonchev–Trinajstić information content (AvgIpc) is 3.13. The molecule has 0 fully saturated rings. The van der Waals surface area contributed by atoms with Gasteiger partial charge in [-0.3, -0.25) is 9.52 Å². The summed E-state index contributed by atoms with van der Waals surface area (Å²) < 4.78 is 28.6. The SMILES string of the molecule is CC(=O)Nc1ncc(NS(=O)(=O)c2cccc(C3CN(C)Cc4c(Cl)cc(Cl)cc43)c2)s1. The fourth-order valence-electron chi connectivity index (χ4n) is 3.75. The minimum absolute atomic E-state index is 0.0788. The number of hydrogen-bond acceptors (Lipinski definition) is 6. The first kappa shape index (κ1) is 23.0. The van der Waals surface area contributed by atoms with Crippen molar-refractivity contribution in [1.82, 2.24) is 9.88 Å². The lowest BCUT2D eigenvalue weighted by Gasteiger charge is -2.33. The molecule has 1 amide bonds. The monoisotopic (exact) mass is 510 g/mol. The maximum atomic E-state index is 13.0. The van der Waals surface area contributed by atoms with Gasteiger partial charge in [0.2, 0.25) is 5.91 Å². The van der Waals surface area contributed by atoms with Gasteiger partial charge in [0, 0.05) is 36.0 Å². The van der Waals surface area contributed by atoms with Gasteiger partial charge in [-0.1, -0.05) is 46.7 Å². The summed E-state index contributed by atoms with van der Waals surface area (Å²) in [5.41, 5.74) is 2.85. The van der Waals surface area contributed by atoms with E-state index in [0.29, 0.717) is 33.3 Å². The molecule has 2 N–H and O–H groups in total. The summed E-state index contributed by atoms with van der Waals surface area (Å²) >= 11 is 13.7. The molecular weight excluding hydrogens is 491 g/mol. The number of likely N-dealkylation sites (N-methyl/N-ethyl adjacent to an activating group) is 1. The number of thiazole rings is 1. The van der Waals surface area contributed by atoms with Crippen LogP contribution in [0.1, 0.15) is 29.5 Å². The minimum atomic E-state index is -3.85. The van der Waals surface area contributed by atoms with Gasteiger partial charge in [0.1, 0.15) is 5.00 Å². The van der Waals surface area contributed by atoms with Crippen LogP contribution in [0.5, 0.6) is 0 Å². The van der Waals surface area contributed by atoms with Crippen molar-refractivity contribution in [2.24, 2.45) is 0 Å². The largest absolute Gasteiger partial charge is 0.302 e. The van der Waals surface area contributed by atoms with Crippen LogP contribution in [0.2, 0.25) is 10.0 Å². The van der Waals surface area contributed by atoms with Gasteiger partial charge >= 0.3 is 0 Å². The van der Waals surface area contributed by atoms with Crippen LogP contribution in [-0.4, -0.2) is 37.8 Å². The number of aromatic nitrogens is 1. The lowest BCUT2D eigenvalue weighted by molar-refractivity contribution is -0.114. The van der Waals surface area contributed by atoms with Gasteiger partial charge < -0.3 is 10.2 Å². The average molecular weight is 511 g/mol. The zero-order valence-electron chi connectivity index (χ0n) is 17.2. The predicted molar refractivity (Wildman–Crippen MR) is 128 cm³/mol. The number of rotatable bonds is 5. The molecule has 7 nitrogen and oxygen atoms in total. The van der Waals surface area contributed by atoms with Crippen molar-refractivity contribution >= 4 is 60.6 Å². The van der Waals surface area contributed by atoms with E-state index in [1.807, 2.05) is 19.2 Å². The van der Waals surface area contributed by atoms with Crippen LogP contribution in [0.4, 0.5) is 10.1 Å². The quantitative estimate of drug-likeness (QED) is 0.514. The number of halogens is 2. The Morgan fingerprint density at radius 3 is 2.78 bits per heavy atom. The summed E-state index contributed by atoms with van der Waals surface area (Å²) in [5, 5.41) is 4.31. The van der Waals surface area contributed by atoms with Crippen molar-refractivity contribution in [3.63, 3.8) is 0 Å². The summed E-state index contributed by atoms with van der Waals surface area (Å²) in [4.78, 5) is 17.4. The molecule has 32 heavy (non-hydrogen) atoms. The molecule has 1 atom stereocenters. The lowest BCUT2D eigenvalue weighted by atomic mass is 9.85. The smallest absolute Gasteiger partial charge is 0.262 e. The van der Waals surface area contributed by atoms with E-state index in [-0.39, 0.29) is 16.7 Å². The molecule has 1 unspecified atom stereocenters. The molecule has 0 saturated heterocycles. The zero-order chi connectivity index (χ0) is 23.0. The number of fused-ring (bicyclic) bond motifs is 1. The molecule has 1 aromatic heterocycles. The molecule has 11 heteroatoms. The van der Waals surface area contributed by atoms with Gasteiger partial charge in [-0.15, -0.1) is 0 Å². The predicted octanol–water partition coefficient (Wildman–Crippen LogP) is 4.79. The number of sulfonamides is 1. The number of carbonyl (C=O) groups excluding carboxylic acids is 1. The van der Waals surface area contributed by atoms with Gasteiger partial charge in [-0.05, 0) is 48.0 Å². The van der Waals surface area contributed by atoms with Crippen molar-refractivity contribution in [3.8, 4) is 0 Å². The summed E-state index contributed by atoms with van der Waals surface area (Å²) in [6.07, 6.45) is 1.37. The minimum Gasteiger partial charge on any atom is -0.302 e. The van der Waals surface area contributed by atoms with Crippen molar-refractivity contribution in [2.75, 3.05) is 23.6 Å². The highest BCUT2D eigenvalue weighted by Gasteiger charge is 2.28. The fraction of sp³-hybridized carbons (Fsp3) is 0.238. The number of nitrogens with one attached hydrogen (secondary N) is 2. The second-order valence-electron chi connectivity index (χ2n) is 7.59. The van der Waals surface area contributed by atoms with Crippen LogP contribution in [-0.2, 0) is 21.4 Å². The van der Waals surface area contributed by atoms with Crippen LogP contribution in [0.25, 0.3) is 0 Å². The molecule has 2 heterocycles. The topological polar surface area (TPSA) is 91.4 Å². The molecule has 3 aromatic rings. The fourth-order valence-corrected chi connectivity index (χ4v) is 6.41. The van der Waals surface area contributed by atoms with E-state index in [1.165, 1.54) is 13.1 Å². The van der Waals surface area contributed by atoms with Gasteiger partial charge in [0.05, 0.1) is 11.1 Å². The maximum Gasteiger partial charge on any atom is 0.262 e. The Bertz CT molecular complexity index is 1290. The first-order chi connectivity index (χ1) is 15.1. The number of benzene rings is 2. The van der Waals surface area contributed by atoms with Crippen molar-refractivity contribution in [2.45, 2.75) is 24.3 Å². The molecule has 4 rings (SSSR count). The summed E-state index contributed by atoms with van der Waals surface area (Å²) in [6.45, 7) is 2.76. The Morgan fingerprint density at radius 2 is 2.03 bits per heavy atom. The standard InChI is InChI=1S/C21H20Cl2N4O3S2/c1-12(28)25-21-24-9-20(31-21)26-32(29,30)15-5-3-4-13(6-15)17-10-27(2)11-18-16(17)7-14(22)8-19(18)23/h3-9,17,26H,10-11H2,1-2H3,(H,24,25,28). The summed E-state index contributed by atoms with van der Waals surface area (Å²) in [7, 11) is -1.86. The Balaban J connectivity index is 1.66. The van der Waals surface area contributed by atoms with Crippen molar-refractivity contribution in [1.29, 1.82) is 0 Å². The number of nitrogens with zero attached hydrogens (tertiary/aromatic N) is 2. The van der Waals surface area contributed by atoms with Crippen LogP contribution in [0.3, 0.4) is 0 Å². The van der Waals surface area contributed by atoms with Crippen molar-refractivity contribution in [3.05, 3.63) is 69.3 Å². The summed E-state index contributed by atoms with van der Waals surface area (Å²) in [6, 6.07) is 10.5. The van der Waals surface area contributed by atoms with Gasteiger partial charge in [-0.2, -0.15) is 0 Å². The van der Waals surface area contributed by atoms with E-state index in [4.69, 9.17) is 23.2 Å². The highest BCUT2D eigenvalue weighted by atomic mass is 35.5. The first-order valence-electron chi connectivity index (χ1n) is 9.65. The molecule has 2 aromatic carbocycles. The Hall–Kier alpha value is -2.17. The molecule has 0 aliphatic carbocycles. The van der Waals surface area contributed by atoms with Gasteiger partial charge in [-0.25, -0.2) is 13.4 Å². The molecule has 0 bridgehead atoms. The van der Waals surface area contributed by atoms with E-state index < -0.39 is 10.0 Å². The van der Waals surface area contributed by atoms with Crippen molar-refractivity contribution < 1.29 is 13.2 Å². The molecule has 1 aliphatic heterocycles. The molecule has 1 aliphatic rings. The second-order valence-corrected chi connectivity index (χ2v) is 11.2. The van der Waals surface area contributed by atoms with Gasteiger partial charge in [0.15, 0.2) is 5.13 Å². The second kappa shape index (κ2) is 8.99. The van der Waals surface area contributed by atoms with Crippen LogP contribution in [0, 0.1) is 0 Å². The molecule has 0 spiro atoms. The highest BCUT2D eigenvalue weighted by molar-refractivity contribution is 7.93. The molecule has 0 radical (unpaired) electrons. The highest BCUT2D eigenvalue weighted by Crippen LogP contribution is 2.39. The number of hydrogen-bond donors (Lipinski definition) is 2. The zero-order valence-corrected chi connectivity index (χ0v) is 20.4. The molecular formula is C21H20Cl2N4O3S2. The Labute approximate surface area is 200 Å². The third kappa shape index (κ3) is 4.92. The number of amides is 1. The molecule has 0 saturated carbocycles. The van der Waals surface area contributed by atoms with E-state index in [9.17, 15) is 13.2 Å². The first-order valence-corrected chi connectivity index (χ1v) is 12.7. The van der Waals surface area contributed by atoms with Crippen LogP contribution >= 0.6 is 34.5 Å². The Kier molecular flexibility index (Phi) is 6.46. The maximum absolute atomic E-state index is 13.0. The third-order valence-electron chi connectivity index (χ3n) is 5.09. The third-order valence-corrected chi connectivity index (χ3v) is 7.96. The van der Waals surface area contributed by atoms with Gasteiger partial charge in [0.25, 0.3) is 10.0 Å². The van der Waals surface area contributed by atoms with Crippen LogP contribution < -0.4 is 10.0 Å². The van der Waals surface area contributed by atoms with E-state index >= 15 is 0 Å². The van der Waals surface area contributed by atoms with Crippen LogP contribution in [0.15, 0.2) is 47.5 Å².